The summed E-state index contributed by atoms with van der Waals surface area (Å²) in [6.07, 6.45) is 0.350. The highest BCUT2D eigenvalue weighted by molar-refractivity contribution is 6.31. The molecule has 1 aromatic heterocycles. The van der Waals surface area contributed by atoms with Crippen LogP contribution in [0.2, 0.25) is 5.02 Å². The number of imide groups is 1. The molecular weight excluding hydrogens is 444 g/mol. The second kappa shape index (κ2) is 8.06. The number of aliphatic hydroxyl groups excluding tert-OH is 1. The van der Waals surface area contributed by atoms with Crippen LogP contribution in [0.25, 0.3) is 10.9 Å². The van der Waals surface area contributed by atoms with Gasteiger partial charge in [0.25, 0.3) is 5.91 Å². The number of aromatic amines is 1. The Morgan fingerprint density at radius 3 is 2.79 bits per heavy atom. The molecule has 0 unspecified atom stereocenters. The van der Waals surface area contributed by atoms with Gasteiger partial charge in [-0.1, -0.05) is 23.7 Å². The number of nitrogens with one attached hydrogen (secondary N) is 2. The molecule has 0 radical (unpaired) electrons. The number of halogens is 1. The highest BCUT2D eigenvalue weighted by atomic mass is 35.5. The predicted octanol–water partition coefficient (Wildman–Crippen LogP) is 2.78. The summed E-state index contributed by atoms with van der Waals surface area (Å²) in [5.74, 6) is -0.172. The van der Waals surface area contributed by atoms with Gasteiger partial charge in [0.2, 0.25) is 0 Å². The number of H-pyrrole nitrogens is 1. The van der Waals surface area contributed by atoms with Gasteiger partial charge >= 0.3 is 6.03 Å². The third-order valence-corrected chi connectivity index (χ3v) is 6.85. The zero-order chi connectivity index (χ0) is 23.3. The maximum Gasteiger partial charge on any atom is 0.328 e. The molecule has 4 N–H and O–H groups in total. The smallest absolute Gasteiger partial charge is 0.328 e. The summed E-state index contributed by atoms with van der Waals surface area (Å²) in [5, 5.41) is 23.7. The molecule has 3 amide bonds. The molecule has 2 atom stereocenters. The number of carbonyl (C=O) groups is 2. The Kier molecular flexibility index (Phi) is 5.31. The molecule has 0 bridgehead atoms. The number of hydrogen-bond donors (Lipinski definition) is 4. The van der Waals surface area contributed by atoms with Gasteiger partial charge in [-0.25, -0.2) is 4.79 Å². The van der Waals surface area contributed by atoms with E-state index in [1.165, 1.54) is 4.90 Å². The standard InChI is InChI=1S/C24H25ClN4O4/c1-24-13-18-17-12-15(25)5-6-19(17)27-20(18)21(14-3-2-4-16(31)11-14)29(24)23(33)28(22(24)32)9-7-26-8-10-30/h2-6,11-12,21,26-27,30-31H,7-10,13H2,1H3/t21-,24+/m1/s1. The third-order valence-electron chi connectivity index (χ3n) is 6.62. The van der Waals surface area contributed by atoms with Crippen LogP contribution in [0.1, 0.15) is 29.8 Å². The van der Waals surface area contributed by atoms with Crippen molar-refractivity contribution in [1.82, 2.24) is 20.1 Å². The zero-order valence-corrected chi connectivity index (χ0v) is 18.9. The van der Waals surface area contributed by atoms with Crippen LogP contribution >= 0.6 is 11.6 Å². The Bertz CT molecular complexity index is 1260. The van der Waals surface area contributed by atoms with Gasteiger partial charge in [0.1, 0.15) is 17.3 Å². The van der Waals surface area contributed by atoms with E-state index < -0.39 is 11.6 Å². The van der Waals surface area contributed by atoms with E-state index in [0.29, 0.717) is 30.1 Å². The van der Waals surface area contributed by atoms with Crippen LogP contribution in [0.3, 0.4) is 0 Å². The van der Waals surface area contributed by atoms with Gasteiger partial charge in [-0.2, -0.15) is 0 Å². The number of hydrogen-bond acceptors (Lipinski definition) is 5. The average Bonchev–Trinajstić information content (AvgIpc) is 3.22. The normalized spacial score (nSPS) is 22.2. The molecule has 3 aromatic rings. The summed E-state index contributed by atoms with van der Waals surface area (Å²) in [7, 11) is 0. The molecule has 8 nitrogen and oxygen atoms in total. The van der Waals surface area contributed by atoms with E-state index in [2.05, 4.69) is 10.3 Å². The summed E-state index contributed by atoms with van der Waals surface area (Å²) in [5.41, 5.74) is 2.26. The van der Waals surface area contributed by atoms with Crippen molar-refractivity contribution in [2.24, 2.45) is 0 Å². The fraction of sp³-hybridized carbons (Fsp3) is 0.333. The Labute approximate surface area is 195 Å². The second-order valence-electron chi connectivity index (χ2n) is 8.74. The van der Waals surface area contributed by atoms with Gasteiger partial charge in [0, 0.05) is 47.7 Å². The SMILES string of the molecule is C[C@@]12Cc3c([nH]c4ccc(Cl)cc34)[C@@H](c3cccc(O)c3)N1C(=O)N(CCNCCO)C2=O. The molecule has 5 rings (SSSR count). The topological polar surface area (TPSA) is 109 Å². The molecular formula is C24H25ClN4O4. The zero-order valence-electron chi connectivity index (χ0n) is 18.1. The van der Waals surface area contributed by atoms with E-state index >= 15 is 0 Å². The van der Waals surface area contributed by atoms with Gasteiger partial charge in [0.15, 0.2) is 0 Å². The number of carbonyl (C=O) groups excluding carboxylic acids is 2. The van der Waals surface area contributed by atoms with Gasteiger partial charge in [0.05, 0.1) is 6.61 Å². The molecule has 2 aliphatic rings. The lowest BCUT2D eigenvalue weighted by Gasteiger charge is -2.42. The third kappa shape index (κ3) is 3.37. The summed E-state index contributed by atoms with van der Waals surface area (Å²) in [4.78, 5) is 33.6. The van der Waals surface area contributed by atoms with Crippen molar-refractivity contribution in [1.29, 1.82) is 0 Å². The van der Waals surface area contributed by atoms with Crippen LogP contribution in [0.15, 0.2) is 42.5 Å². The fourth-order valence-corrected chi connectivity index (χ4v) is 5.29. The maximum absolute atomic E-state index is 13.6. The molecule has 33 heavy (non-hydrogen) atoms. The average molecular weight is 469 g/mol. The van der Waals surface area contributed by atoms with Crippen molar-refractivity contribution in [3.8, 4) is 5.75 Å². The van der Waals surface area contributed by atoms with Crippen LogP contribution in [0, 0.1) is 0 Å². The van der Waals surface area contributed by atoms with Gasteiger partial charge < -0.3 is 20.5 Å². The van der Waals surface area contributed by atoms with Crippen molar-refractivity contribution >= 4 is 34.4 Å². The van der Waals surface area contributed by atoms with E-state index in [-0.39, 0.29) is 30.8 Å². The number of aliphatic hydroxyl groups is 1. The minimum Gasteiger partial charge on any atom is -0.508 e. The highest BCUT2D eigenvalue weighted by Crippen LogP contribution is 2.49. The largest absolute Gasteiger partial charge is 0.508 e. The summed E-state index contributed by atoms with van der Waals surface area (Å²) in [6, 6.07) is 11.4. The molecule has 1 saturated heterocycles. The van der Waals surface area contributed by atoms with Crippen LogP contribution in [-0.4, -0.2) is 68.7 Å². The quantitative estimate of drug-likeness (QED) is 0.328. The summed E-state index contributed by atoms with van der Waals surface area (Å²) < 4.78 is 0. The van der Waals surface area contributed by atoms with Crippen molar-refractivity contribution in [2.45, 2.75) is 24.9 Å². The van der Waals surface area contributed by atoms with E-state index in [1.54, 1.807) is 36.1 Å². The van der Waals surface area contributed by atoms with Crippen LogP contribution in [-0.2, 0) is 11.2 Å². The fourth-order valence-electron chi connectivity index (χ4n) is 5.12. The lowest BCUT2D eigenvalue weighted by atomic mass is 9.81. The molecule has 2 aliphatic heterocycles. The number of amides is 3. The number of phenols is 1. The second-order valence-corrected chi connectivity index (χ2v) is 9.17. The van der Waals surface area contributed by atoms with Crippen molar-refractivity contribution in [2.75, 3.05) is 26.2 Å². The molecule has 0 spiro atoms. The Hall–Kier alpha value is -3.07. The number of urea groups is 1. The van der Waals surface area contributed by atoms with Crippen molar-refractivity contribution < 1.29 is 19.8 Å². The maximum atomic E-state index is 13.6. The van der Waals surface area contributed by atoms with E-state index in [4.69, 9.17) is 16.7 Å². The van der Waals surface area contributed by atoms with Gasteiger partial charge in [-0.05, 0) is 48.4 Å². The predicted molar refractivity (Wildman–Crippen MR) is 124 cm³/mol. The number of nitrogens with zero attached hydrogens (tertiary/aromatic N) is 2. The van der Waals surface area contributed by atoms with E-state index in [9.17, 15) is 14.7 Å². The molecule has 0 aliphatic carbocycles. The summed E-state index contributed by atoms with van der Waals surface area (Å²) in [6.45, 7) is 2.77. The Morgan fingerprint density at radius 1 is 1.21 bits per heavy atom. The van der Waals surface area contributed by atoms with E-state index in [1.807, 2.05) is 18.2 Å². The Morgan fingerprint density at radius 2 is 2.03 bits per heavy atom. The van der Waals surface area contributed by atoms with Crippen molar-refractivity contribution in [3.05, 3.63) is 64.3 Å². The Balaban J connectivity index is 1.65. The molecule has 1 fully saturated rings. The van der Waals surface area contributed by atoms with Gasteiger partial charge in [-0.3, -0.25) is 14.6 Å². The van der Waals surface area contributed by atoms with Gasteiger partial charge in [-0.15, -0.1) is 0 Å². The van der Waals surface area contributed by atoms with Crippen LogP contribution in [0.4, 0.5) is 4.79 Å². The number of fused-ring (bicyclic) bond motifs is 4. The van der Waals surface area contributed by atoms with Crippen LogP contribution in [0.5, 0.6) is 5.75 Å². The number of benzene rings is 2. The molecule has 3 heterocycles. The lowest BCUT2D eigenvalue weighted by molar-refractivity contribution is -0.133. The molecule has 172 valence electrons. The number of phenolic OH excluding ortho intramolecular Hbond substituents is 1. The van der Waals surface area contributed by atoms with E-state index in [0.717, 1.165) is 22.2 Å². The first-order valence-corrected chi connectivity index (χ1v) is 11.3. The summed E-state index contributed by atoms with van der Waals surface area (Å²) >= 11 is 6.28. The molecule has 0 saturated carbocycles. The minimum atomic E-state index is -1.09. The monoisotopic (exact) mass is 468 g/mol. The number of aromatic hydroxyl groups is 1. The highest BCUT2D eigenvalue weighted by Gasteiger charge is 2.60. The lowest BCUT2D eigenvalue weighted by Crippen LogP contribution is -2.53. The van der Waals surface area contributed by atoms with Crippen LogP contribution < -0.4 is 5.32 Å². The molecule has 9 heteroatoms. The molecule has 2 aromatic carbocycles. The first-order valence-electron chi connectivity index (χ1n) is 10.9. The first kappa shape index (κ1) is 21.8. The first-order chi connectivity index (χ1) is 15.8. The number of rotatable bonds is 6. The van der Waals surface area contributed by atoms with Crippen molar-refractivity contribution in [3.63, 3.8) is 0 Å². The minimum absolute atomic E-state index is 0.0183. The number of aromatic nitrogens is 1.